The molecule has 1 saturated carbocycles. The first-order chi connectivity index (χ1) is 13.2. The monoisotopic (exact) mass is 365 g/mol. The van der Waals surface area contributed by atoms with Crippen molar-refractivity contribution in [3.05, 3.63) is 65.5 Å². The molecule has 0 unspecified atom stereocenters. The van der Waals surface area contributed by atoms with E-state index in [-0.39, 0.29) is 18.0 Å². The van der Waals surface area contributed by atoms with Crippen molar-refractivity contribution in [3.63, 3.8) is 0 Å². The quantitative estimate of drug-likeness (QED) is 0.565. The zero-order valence-electron chi connectivity index (χ0n) is 16.6. The first-order valence-corrected chi connectivity index (χ1v) is 10.4. The first-order valence-electron chi connectivity index (χ1n) is 10.4. The Balaban J connectivity index is 1.48. The minimum absolute atomic E-state index is 0.0364. The summed E-state index contributed by atoms with van der Waals surface area (Å²) >= 11 is 0. The van der Waals surface area contributed by atoms with Gasteiger partial charge >= 0.3 is 5.97 Å². The lowest BCUT2D eigenvalue weighted by molar-refractivity contribution is -0.154. The van der Waals surface area contributed by atoms with Crippen LogP contribution in [0.25, 0.3) is 0 Å². The Morgan fingerprint density at radius 3 is 2.37 bits per heavy atom. The van der Waals surface area contributed by atoms with Crippen LogP contribution in [-0.4, -0.2) is 11.0 Å². The predicted molar refractivity (Wildman–Crippen MR) is 108 cm³/mol. The van der Waals surface area contributed by atoms with E-state index in [1.807, 2.05) is 19.1 Å². The molecule has 144 valence electrons. The maximum Gasteiger partial charge on any atom is 0.309 e. The molecule has 0 amide bonds. The highest BCUT2D eigenvalue weighted by Crippen LogP contribution is 2.37. The van der Waals surface area contributed by atoms with E-state index in [0.717, 1.165) is 31.2 Å². The number of pyridine rings is 1. The fourth-order valence-electron chi connectivity index (χ4n) is 3.97. The fraction of sp³-hybridized carbons (Fsp3) is 0.500. The lowest BCUT2D eigenvalue weighted by Gasteiger charge is -2.28. The third-order valence-corrected chi connectivity index (χ3v) is 5.80. The molecule has 1 aliphatic carbocycles. The molecule has 27 heavy (non-hydrogen) atoms. The van der Waals surface area contributed by atoms with Crippen LogP contribution in [0.15, 0.2) is 48.8 Å². The summed E-state index contributed by atoms with van der Waals surface area (Å²) in [4.78, 5) is 16.5. The van der Waals surface area contributed by atoms with Gasteiger partial charge in [0.05, 0.1) is 5.92 Å². The lowest BCUT2D eigenvalue weighted by Crippen LogP contribution is -2.24. The Hall–Kier alpha value is -2.16. The highest BCUT2D eigenvalue weighted by Gasteiger charge is 2.29. The second-order valence-electron chi connectivity index (χ2n) is 7.75. The van der Waals surface area contributed by atoms with E-state index >= 15 is 0 Å². The average molecular weight is 366 g/mol. The second kappa shape index (κ2) is 9.68. The Morgan fingerprint density at radius 1 is 1.07 bits per heavy atom. The zero-order chi connectivity index (χ0) is 19.1. The van der Waals surface area contributed by atoms with Crippen molar-refractivity contribution in [2.75, 3.05) is 0 Å². The van der Waals surface area contributed by atoms with Gasteiger partial charge in [-0.3, -0.25) is 9.78 Å². The van der Waals surface area contributed by atoms with E-state index in [1.54, 1.807) is 12.4 Å². The van der Waals surface area contributed by atoms with E-state index in [0.29, 0.717) is 5.92 Å². The summed E-state index contributed by atoms with van der Waals surface area (Å²) in [6.07, 6.45) is 10.9. The molecule has 0 radical (unpaired) electrons. The van der Waals surface area contributed by atoms with Gasteiger partial charge in [0.15, 0.2) is 0 Å². The number of nitrogens with zero attached hydrogens (tertiary/aromatic N) is 1. The number of hydrogen-bond donors (Lipinski definition) is 0. The van der Waals surface area contributed by atoms with E-state index < -0.39 is 0 Å². The van der Waals surface area contributed by atoms with E-state index in [4.69, 9.17) is 4.74 Å². The number of carbonyl (C=O) groups is 1. The molecule has 3 heteroatoms. The molecule has 0 saturated heterocycles. The molecule has 0 N–H and O–H groups in total. The number of benzene rings is 1. The summed E-state index contributed by atoms with van der Waals surface area (Å²) in [5.74, 6) is 0.564. The molecule has 0 bridgehead atoms. The van der Waals surface area contributed by atoms with Crippen molar-refractivity contribution in [2.45, 2.75) is 70.8 Å². The van der Waals surface area contributed by atoms with Crippen LogP contribution >= 0.6 is 0 Å². The van der Waals surface area contributed by atoms with Gasteiger partial charge in [-0.15, -0.1) is 0 Å². The highest BCUT2D eigenvalue weighted by atomic mass is 16.5. The van der Waals surface area contributed by atoms with Gasteiger partial charge in [-0.2, -0.15) is 0 Å². The van der Waals surface area contributed by atoms with Crippen LogP contribution in [0.1, 0.15) is 81.1 Å². The van der Waals surface area contributed by atoms with Gasteiger partial charge in [0.25, 0.3) is 0 Å². The Bertz CT molecular complexity index is 703. The van der Waals surface area contributed by atoms with E-state index in [2.05, 4.69) is 36.2 Å². The standard InChI is InChI=1S/C24H31NO2/c1-3-4-5-19-6-8-21(9-7-19)22-10-12-23(13-11-22)24(26)27-18(2)20-14-16-25-17-15-20/h6-9,14-18,22-23H,3-5,10-13H2,1-2H3/t18-,22?,23?/m1/s1. The summed E-state index contributed by atoms with van der Waals surface area (Å²) < 4.78 is 5.70. The number of rotatable bonds is 7. The maximum atomic E-state index is 12.5. The molecule has 1 aromatic carbocycles. The van der Waals surface area contributed by atoms with Crippen LogP contribution in [-0.2, 0) is 16.0 Å². The summed E-state index contributed by atoms with van der Waals surface area (Å²) in [5.41, 5.74) is 3.85. The van der Waals surface area contributed by atoms with E-state index in [1.165, 1.54) is 30.4 Å². The van der Waals surface area contributed by atoms with Crippen LogP contribution in [0.3, 0.4) is 0 Å². The Kier molecular flexibility index (Phi) is 7.03. The fourth-order valence-corrected chi connectivity index (χ4v) is 3.97. The Labute approximate surface area is 163 Å². The van der Waals surface area contributed by atoms with Gasteiger partial charge in [0, 0.05) is 12.4 Å². The third kappa shape index (κ3) is 5.41. The number of esters is 1. The van der Waals surface area contributed by atoms with Gasteiger partial charge in [-0.05, 0) is 80.2 Å². The Morgan fingerprint density at radius 2 is 1.74 bits per heavy atom. The van der Waals surface area contributed by atoms with Crippen LogP contribution in [0.5, 0.6) is 0 Å². The molecule has 1 fully saturated rings. The van der Waals surface area contributed by atoms with Crippen molar-refractivity contribution in [1.82, 2.24) is 4.98 Å². The number of unbranched alkanes of at least 4 members (excludes halogenated alkanes) is 1. The van der Waals surface area contributed by atoms with Crippen molar-refractivity contribution in [3.8, 4) is 0 Å². The molecule has 0 aliphatic heterocycles. The molecular formula is C24H31NO2. The lowest BCUT2D eigenvalue weighted by atomic mass is 9.78. The van der Waals surface area contributed by atoms with Gasteiger partial charge in [0.1, 0.15) is 6.10 Å². The van der Waals surface area contributed by atoms with Crippen molar-refractivity contribution < 1.29 is 9.53 Å². The van der Waals surface area contributed by atoms with Crippen molar-refractivity contribution in [2.24, 2.45) is 5.92 Å². The largest absolute Gasteiger partial charge is 0.458 e. The summed E-state index contributed by atoms with van der Waals surface area (Å²) in [6, 6.07) is 12.9. The number of aryl methyl sites for hydroxylation is 1. The molecule has 3 rings (SSSR count). The predicted octanol–water partition coefficient (Wildman–Crippen LogP) is 6.00. The summed E-state index contributed by atoms with van der Waals surface area (Å²) in [5, 5.41) is 0. The normalized spacial score (nSPS) is 20.8. The van der Waals surface area contributed by atoms with Gasteiger partial charge in [0.2, 0.25) is 0 Å². The van der Waals surface area contributed by atoms with Crippen LogP contribution in [0, 0.1) is 5.92 Å². The molecule has 1 atom stereocenters. The summed E-state index contributed by atoms with van der Waals surface area (Å²) in [7, 11) is 0. The van der Waals surface area contributed by atoms with Crippen LogP contribution in [0.4, 0.5) is 0 Å². The SMILES string of the molecule is CCCCc1ccc(C2CCC(C(=O)O[C@H](C)c3ccncc3)CC2)cc1. The molecular weight excluding hydrogens is 334 g/mol. The van der Waals surface area contributed by atoms with Gasteiger partial charge in [-0.1, -0.05) is 37.6 Å². The smallest absolute Gasteiger partial charge is 0.309 e. The minimum Gasteiger partial charge on any atom is -0.458 e. The number of ether oxygens (including phenoxy) is 1. The molecule has 1 aromatic heterocycles. The number of carbonyl (C=O) groups excluding carboxylic acids is 1. The molecule has 2 aromatic rings. The van der Waals surface area contributed by atoms with Crippen molar-refractivity contribution in [1.29, 1.82) is 0 Å². The maximum absolute atomic E-state index is 12.5. The molecule has 0 spiro atoms. The van der Waals surface area contributed by atoms with Crippen LogP contribution in [0.2, 0.25) is 0 Å². The average Bonchev–Trinajstić information content (AvgIpc) is 2.73. The van der Waals surface area contributed by atoms with Gasteiger partial charge in [-0.25, -0.2) is 0 Å². The third-order valence-electron chi connectivity index (χ3n) is 5.80. The zero-order valence-corrected chi connectivity index (χ0v) is 16.6. The highest BCUT2D eigenvalue weighted by molar-refractivity contribution is 5.72. The summed E-state index contributed by atoms with van der Waals surface area (Å²) in [6.45, 7) is 4.16. The second-order valence-corrected chi connectivity index (χ2v) is 7.75. The van der Waals surface area contributed by atoms with Crippen molar-refractivity contribution >= 4 is 5.97 Å². The number of aromatic nitrogens is 1. The molecule has 1 heterocycles. The topological polar surface area (TPSA) is 39.2 Å². The number of hydrogen-bond acceptors (Lipinski definition) is 3. The van der Waals surface area contributed by atoms with E-state index in [9.17, 15) is 4.79 Å². The minimum atomic E-state index is -0.214. The van der Waals surface area contributed by atoms with Gasteiger partial charge < -0.3 is 4.74 Å². The molecule has 3 nitrogen and oxygen atoms in total. The molecule has 1 aliphatic rings. The van der Waals surface area contributed by atoms with Crippen LogP contribution < -0.4 is 0 Å². The first kappa shape index (κ1) is 19.6.